The molecule has 0 amide bonds. The van der Waals surface area contributed by atoms with E-state index >= 15 is 0 Å². The average molecular weight is 392 g/mol. The van der Waals surface area contributed by atoms with Crippen molar-refractivity contribution in [2.24, 2.45) is 0 Å². The Morgan fingerprint density at radius 3 is 2.19 bits per heavy atom. The maximum absolute atomic E-state index is 12.9. The number of rotatable bonds is 6. The fourth-order valence-corrected chi connectivity index (χ4v) is 4.97. The molecule has 0 aliphatic carbocycles. The molecule has 0 N–H and O–H groups in total. The fourth-order valence-electron chi connectivity index (χ4n) is 3.54. The van der Waals surface area contributed by atoms with Crippen LogP contribution >= 0.6 is 0 Å². The molecule has 1 saturated heterocycles. The van der Waals surface area contributed by atoms with Crippen LogP contribution in [0.3, 0.4) is 0 Å². The van der Waals surface area contributed by atoms with Crippen LogP contribution in [0.2, 0.25) is 0 Å². The number of ether oxygens (including phenoxy) is 1. The van der Waals surface area contributed by atoms with Crippen LogP contribution in [0, 0.1) is 5.82 Å². The van der Waals surface area contributed by atoms with Gasteiger partial charge in [0.15, 0.2) is 0 Å². The highest BCUT2D eigenvalue weighted by Gasteiger charge is 2.35. The minimum Gasteiger partial charge on any atom is -0.492 e. The van der Waals surface area contributed by atoms with E-state index in [0.717, 1.165) is 5.69 Å². The third-order valence-corrected chi connectivity index (χ3v) is 6.52. The summed E-state index contributed by atoms with van der Waals surface area (Å²) in [6.07, 6.45) is 0. The molecule has 0 spiro atoms. The highest BCUT2D eigenvalue weighted by Crippen LogP contribution is 2.25. The maximum atomic E-state index is 12.9. The van der Waals surface area contributed by atoms with E-state index in [9.17, 15) is 12.8 Å². The third kappa shape index (κ3) is 4.78. The van der Waals surface area contributed by atoms with Gasteiger partial charge in [0.05, 0.1) is 5.75 Å². The van der Waals surface area contributed by atoms with Gasteiger partial charge in [0.25, 0.3) is 0 Å². The third-order valence-electron chi connectivity index (χ3n) is 4.76. The Bertz CT molecular complexity index is 831. The second-order valence-corrected chi connectivity index (χ2v) is 8.96. The van der Waals surface area contributed by atoms with Crippen LogP contribution in [-0.4, -0.2) is 50.3 Å². The van der Waals surface area contributed by atoms with Gasteiger partial charge in [-0.25, -0.2) is 12.8 Å². The Hall–Kier alpha value is -2.12. The smallest absolute Gasteiger partial charge is 0.217 e. The van der Waals surface area contributed by atoms with E-state index in [-0.39, 0.29) is 30.3 Å². The summed E-state index contributed by atoms with van der Waals surface area (Å²) in [5.41, 5.74) is 1.11. The zero-order valence-corrected chi connectivity index (χ0v) is 16.4. The van der Waals surface area contributed by atoms with Crippen molar-refractivity contribution in [3.05, 3.63) is 60.4 Å². The minimum atomic E-state index is -3.43. The molecule has 0 bridgehead atoms. The van der Waals surface area contributed by atoms with Crippen molar-refractivity contribution in [1.29, 1.82) is 0 Å². The summed E-state index contributed by atoms with van der Waals surface area (Å²) < 4.78 is 45.4. The first-order valence-electron chi connectivity index (χ1n) is 9.06. The Morgan fingerprint density at radius 2 is 1.59 bits per heavy atom. The predicted octanol–water partition coefficient (Wildman–Crippen LogP) is 3.13. The van der Waals surface area contributed by atoms with Crippen LogP contribution in [0.1, 0.15) is 13.8 Å². The van der Waals surface area contributed by atoms with Crippen LogP contribution in [0.25, 0.3) is 0 Å². The van der Waals surface area contributed by atoms with Crippen LogP contribution in [-0.2, 0) is 10.0 Å². The van der Waals surface area contributed by atoms with E-state index in [1.165, 1.54) is 24.3 Å². The van der Waals surface area contributed by atoms with Gasteiger partial charge in [-0.15, -0.1) is 0 Å². The van der Waals surface area contributed by atoms with Crippen molar-refractivity contribution in [2.75, 3.05) is 30.3 Å². The summed E-state index contributed by atoms with van der Waals surface area (Å²) in [4.78, 5) is 2.26. The standard InChI is InChI=1S/C20H25FN2O3S/c1-16-14-22(15-17(2)23(16)19-6-4-3-5-7-19)27(24,25)13-12-26-20-10-8-18(21)9-11-20/h3-11,16-17H,12-15H2,1-2H3. The zero-order valence-electron chi connectivity index (χ0n) is 15.6. The van der Waals surface area contributed by atoms with Crippen LogP contribution < -0.4 is 9.64 Å². The van der Waals surface area contributed by atoms with Gasteiger partial charge >= 0.3 is 0 Å². The summed E-state index contributed by atoms with van der Waals surface area (Å²) in [5, 5.41) is 0. The van der Waals surface area contributed by atoms with Crippen LogP contribution in [0.4, 0.5) is 10.1 Å². The first kappa shape index (κ1) is 19.6. The van der Waals surface area contributed by atoms with Gasteiger partial charge in [-0.05, 0) is 50.2 Å². The summed E-state index contributed by atoms with van der Waals surface area (Å²) in [6.45, 7) is 5.01. The average Bonchev–Trinajstić information content (AvgIpc) is 2.63. The van der Waals surface area contributed by atoms with Crippen molar-refractivity contribution in [3.63, 3.8) is 0 Å². The van der Waals surface area contributed by atoms with Crippen molar-refractivity contribution in [1.82, 2.24) is 4.31 Å². The SMILES string of the molecule is CC1CN(S(=O)(=O)CCOc2ccc(F)cc2)CC(C)N1c1ccccc1. The van der Waals surface area contributed by atoms with E-state index in [1.807, 2.05) is 44.2 Å². The molecule has 7 heteroatoms. The number of piperazine rings is 1. The number of halogens is 1. The normalized spacial score (nSPS) is 21.2. The topological polar surface area (TPSA) is 49.9 Å². The Balaban J connectivity index is 1.60. The molecule has 146 valence electrons. The molecule has 1 aliphatic rings. The number of benzene rings is 2. The van der Waals surface area contributed by atoms with E-state index in [0.29, 0.717) is 18.8 Å². The number of hydrogen-bond acceptors (Lipinski definition) is 4. The predicted molar refractivity (Wildman–Crippen MR) is 105 cm³/mol. The molecule has 2 atom stereocenters. The second kappa shape index (κ2) is 8.27. The van der Waals surface area contributed by atoms with Crippen molar-refractivity contribution in [3.8, 4) is 5.75 Å². The van der Waals surface area contributed by atoms with Gasteiger partial charge in [0.1, 0.15) is 18.2 Å². The van der Waals surface area contributed by atoms with Crippen molar-refractivity contribution >= 4 is 15.7 Å². The molecule has 1 aliphatic heterocycles. The van der Waals surface area contributed by atoms with E-state index < -0.39 is 10.0 Å². The lowest BCUT2D eigenvalue weighted by Gasteiger charge is -2.45. The highest BCUT2D eigenvalue weighted by atomic mass is 32.2. The molecule has 2 aromatic carbocycles. The van der Waals surface area contributed by atoms with Gasteiger partial charge in [-0.1, -0.05) is 18.2 Å². The summed E-state index contributed by atoms with van der Waals surface area (Å²) in [6, 6.07) is 15.8. The minimum absolute atomic E-state index is 0.0373. The fraction of sp³-hybridized carbons (Fsp3) is 0.400. The molecule has 0 saturated carbocycles. The number of anilines is 1. The molecule has 0 aromatic heterocycles. The molecule has 2 unspecified atom stereocenters. The molecule has 1 heterocycles. The number of nitrogens with zero attached hydrogens (tertiary/aromatic N) is 2. The Morgan fingerprint density at radius 1 is 1.00 bits per heavy atom. The molecule has 27 heavy (non-hydrogen) atoms. The molecule has 1 fully saturated rings. The lowest BCUT2D eigenvalue weighted by molar-refractivity contribution is 0.294. The lowest BCUT2D eigenvalue weighted by atomic mass is 10.1. The van der Waals surface area contributed by atoms with E-state index in [4.69, 9.17) is 4.74 Å². The monoisotopic (exact) mass is 392 g/mol. The molecule has 5 nitrogen and oxygen atoms in total. The largest absolute Gasteiger partial charge is 0.492 e. The van der Waals surface area contributed by atoms with Gasteiger partial charge in [-0.2, -0.15) is 4.31 Å². The van der Waals surface area contributed by atoms with E-state index in [2.05, 4.69) is 4.90 Å². The molecular formula is C20H25FN2O3S. The molecular weight excluding hydrogens is 367 g/mol. The van der Waals surface area contributed by atoms with Gasteiger partial charge < -0.3 is 9.64 Å². The highest BCUT2D eigenvalue weighted by molar-refractivity contribution is 7.89. The molecule has 2 aromatic rings. The van der Waals surface area contributed by atoms with E-state index in [1.54, 1.807) is 4.31 Å². The number of para-hydroxylation sites is 1. The first-order valence-corrected chi connectivity index (χ1v) is 10.7. The molecule has 0 radical (unpaired) electrons. The summed E-state index contributed by atoms with van der Waals surface area (Å²) in [5.74, 6) is 0.00581. The van der Waals surface area contributed by atoms with Gasteiger partial charge in [0, 0.05) is 30.9 Å². The van der Waals surface area contributed by atoms with Crippen LogP contribution in [0.15, 0.2) is 54.6 Å². The quantitative estimate of drug-likeness (QED) is 0.758. The summed E-state index contributed by atoms with van der Waals surface area (Å²) >= 11 is 0. The summed E-state index contributed by atoms with van der Waals surface area (Å²) in [7, 11) is -3.43. The Labute approximate surface area is 160 Å². The Kier molecular flexibility index (Phi) is 6.01. The van der Waals surface area contributed by atoms with Gasteiger partial charge in [-0.3, -0.25) is 0 Å². The second-order valence-electron chi connectivity index (χ2n) is 6.88. The number of hydrogen-bond donors (Lipinski definition) is 0. The maximum Gasteiger partial charge on any atom is 0.217 e. The first-order chi connectivity index (χ1) is 12.9. The lowest BCUT2D eigenvalue weighted by Crippen LogP contribution is -2.58. The van der Waals surface area contributed by atoms with Crippen molar-refractivity contribution < 1.29 is 17.5 Å². The number of sulfonamides is 1. The van der Waals surface area contributed by atoms with Crippen LogP contribution in [0.5, 0.6) is 5.75 Å². The van der Waals surface area contributed by atoms with Crippen molar-refractivity contribution in [2.45, 2.75) is 25.9 Å². The van der Waals surface area contributed by atoms with Gasteiger partial charge in [0.2, 0.25) is 10.0 Å². The molecule has 3 rings (SSSR count). The zero-order chi connectivity index (χ0) is 19.4.